The Hall–Kier alpha value is -2.19. The molecule has 1 aromatic heterocycles. The van der Waals surface area contributed by atoms with E-state index in [1.807, 2.05) is 31.2 Å². The second-order valence-electron chi connectivity index (χ2n) is 3.70. The average molecular weight is 277 g/mol. The van der Waals surface area contributed by atoms with Gasteiger partial charge in [-0.3, -0.25) is 10.1 Å². The zero-order valence-electron chi connectivity index (χ0n) is 10.0. The van der Waals surface area contributed by atoms with Crippen molar-refractivity contribution in [1.82, 2.24) is 9.97 Å². The van der Waals surface area contributed by atoms with Gasteiger partial charge >= 0.3 is 5.69 Å². The third-order valence-electron chi connectivity index (χ3n) is 2.31. The fourth-order valence-electron chi connectivity index (χ4n) is 1.50. The van der Waals surface area contributed by atoms with E-state index in [9.17, 15) is 10.1 Å². The lowest BCUT2D eigenvalue weighted by molar-refractivity contribution is -0.387. The Morgan fingerprint density at radius 2 is 2.21 bits per heavy atom. The second-order valence-corrected chi connectivity index (χ2v) is 4.76. The zero-order chi connectivity index (χ0) is 13.8. The summed E-state index contributed by atoms with van der Waals surface area (Å²) in [5.74, 6) is 5.22. The van der Waals surface area contributed by atoms with E-state index in [2.05, 4.69) is 15.4 Å². The first-order chi connectivity index (χ1) is 9.11. The van der Waals surface area contributed by atoms with Gasteiger partial charge in [0.2, 0.25) is 5.82 Å². The van der Waals surface area contributed by atoms with Crippen molar-refractivity contribution in [2.24, 2.45) is 5.84 Å². The normalized spacial score (nSPS) is 10.2. The number of nitrogens with two attached hydrogens (primary N) is 1. The number of hydrazine groups is 1. The summed E-state index contributed by atoms with van der Waals surface area (Å²) in [7, 11) is 0. The van der Waals surface area contributed by atoms with Crippen LogP contribution in [0.3, 0.4) is 0 Å². The minimum atomic E-state index is -0.548. The Balaban J connectivity index is 2.42. The third-order valence-corrected chi connectivity index (χ3v) is 3.29. The van der Waals surface area contributed by atoms with E-state index in [4.69, 9.17) is 5.84 Å². The smallest absolute Gasteiger partial charge is 0.303 e. The molecule has 0 spiro atoms. The predicted octanol–water partition coefficient (Wildman–Crippen LogP) is 2.13. The van der Waals surface area contributed by atoms with Crippen LogP contribution in [0.4, 0.5) is 11.5 Å². The minimum Gasteiger partial charge on any atom is -0.303 e. The van der Waals surface area contributed by atoms with Crippen molar-refractivity contribution in [2.45, 2.75) is 16.8 Å². The van der Waals surface area contributed by atoms with Crippen LogP contribution < -0.4 is 11.3 Å². The lowest BCUT2D eigenvalue weighted by Crippen LogP contribution is -2.11. The molecular weight excluding hydrogens is 266 g/mol. The van der Waals surface area contributed by atoms with Crippen molar-refractivity contribution in [2.75, 3.05) is 5.43 Å². The van der Waals surface area contributed by atoms with Crippen molar-refractivity contribution in [3.05, 3.63) is 46.3 Å². The number of benzene rings is 1. The van der Waals surface area contributed by atoms with Gasteiger partial charge in [0.15, 0.2) is 5.03 Å². The minimum absolute atomic E-state index is 0.00449. The molecule has 0 fully saturated rings. The van der Waals surface area contributed by atoms with Gasteiger partial charge in [-0.1, -0.05) is 29.5 Å². The topological polar surface area (TPSA) is 107 Å². The Morgan fingerprint density at radius 3 is 2.84 bits per heavy atom. The van der Waals surface area contributed by atoms with Gasteiger partial charge in [-0.05, 0) is 19.1 Å². The number of rotatable bonds is 4. The summed E-state index contributed by atoms with van der Waals surface area (Å²) < 4.78 is 0. The van der Waals surface area contributed by atoms with Gasteiger partial charge in [0, 0.05) is 4.90 Å². The fourth-order valence-corrected chi connectivity index (χ4v) is 2.48. The lowest BCUT2D eigenvalue weighted by Gasteiger charge is -2.05. The number of anilines is 1. The zero-order valence-corrected chi connectivity index (χ0v) is 10.8. The van der Waals surface area contributed by atoms with E-state index in [-0.39, 0.29) is 16.5 Å². The molecule has 0 aliphatic heterocycles. The van der Waals surface area contributed by atoms with Crippen molar-refractivity contribution in [3.63, 3.8) is 0 Å². The van der Waals surface area contributed by atoms with Gasteiger partial charge in [0.25, 0.3) is 0 Å². The van der Waals surface area contributed by atoms with Crippen molar-refractivity contribution < 1.29 is 4.92 Å². The highest BCUT2D eigenvalue weighted by Crippen LogP contribution is 2.36. The summed E-state index contributed by atoms with van der Waals surface area (Å²) in [4.78, 5) is 19.1. The standard InChI is InChI=1S/C11H11N5O2S/c1-7-3-2-4-8(5-7)19-11-9(16(17)18)10(15-12)13-6-14-11/h2-6H,12H2,1H3,(H,13,14,15). The van der Waals surface area contributed by atoms with Crippen LogP contribution in [0.2, 0.25) is 0 Å². The molecule has 0 aliphatic carbocycles. The molecule has 0 bridgehead atoms. The van der Waals surface area contributed by atoms with E-state index in [0.29, 0.717) is 0 Å². The van der Waals surface area contributed by atoms with Crippen LogP contribution in [0, 0.1) is 17.0 Å². The maximum absolute atomic E-state index is 11.1. The molecule has 0 atom stereocenters. The van der Waals surface area contributed by atoms with Gasteiger partial charge in [0.05, 0.1) is 4.92 Å². The highest BCUT2D eigenvalue weighted by molar-refractivity contribution is 7.99. The number of nitrogen functional groups attached to an aromatic ring is 1. The Labute approximate surface area is 113 Å². The molecule has 2 aromatic rings. The van der Waals surface area contributed by atoms with Gasteiger partial charge in [-0.15, -0.1) is 0 Å². The van der Waals surface area contributed by atoms with E-state index < -0.39 is 4.92 Å². The van der Waals surface area contributed by atoms with Crippen LogP contribution in [0.1, 0.15) is 5.56 Å². The Morgan fingerprint density at radius 1 is 1.42 bits per heavy atom. The summed E-state index contributed by atoms with van der Waals surface area (Å²) >= 11 is 1.20. The SMILES string of the molecule is Cc1cccc(Sc2ncnc(NN)c2[N+](=O)[O-])c1. The number of nitro groups is 1. The van der Waals surface area contributed by atoms with Gasteiger partial charge in [-0.25, -0.2) is 15.8 Å². The summed E-state index contributed by atoms with van der Waals surface area (Å²) in [6, 6.07) is 7.61. The summed E-state index contributed by atoms with van der Waals surface area (Å²) in [5.41, 5.74) is 3.05. The molecule has 0 amide bonds. The molecule has 8 heteroatoms. The summed E-state index contributed by atoms with van der Waals surface area (Å²) in [6.45, 7) is 1.95. The fraction of sp³-hybridized carbons (Fsp3) is 0.0909. The largest absolute Gasteiger partial charge is 0.344 e. The first kappa shape index (κ1) is 13.2. The highest BCUT2D eigenvalue weighted by Gasteiger charge is 2.23. The molecule has 1 aromatic carbocycles. The maximum atomic E-state index is 11.1. The number of nitrogens with zero attached hydrogens (tertiary/aromatic N) is 3. The number of nitrogens with one attached hydrogen (secondary N) is 1. The van der Waals surface area contributed by atoms with Crippen molar-refractivity contribution >= 4 is 23.3 Å². The third kappa shape index (κ3) is 2.98. The summed E-state index contributed by atoms with van der Waals surface area (Å²) in [6.07, 6.45) is 1.24. The molecule has 2 rings (SSSR count). The van der Waals surface area contributed by atoms with Gasteiger partial charge < -0.3 is 5.43 Å². The van der Waals surface area contributed by atoms with Crippen molar-refractivity contribution in [1.29, 1.82) is 0 Å². The number of aryl methyl sites for hydroxylation is 1. The average Bonchev–Trinajstić information content (AvgIpc) is 2.38. The quantitative estimate of drug-likeness (QED) is 0.381. The molecule has 0 radical (unpaired) electrons. The molecule has 1 heterocycles. The van der Waals surface area contributed by atoms with E-state index >= 15 is 0 Å². The van der Waals surface area contributed by atoms with Crippen LogP contribution in [-0.2, 0) is 0 Å². The first-order valence-corrected chi connectivity index (χ1v) is 6.14. The van der Waals surface area contributed by atoms with Crippen molar-refractivity contribution in [3.8, 4) is 0 Å². The van der Waals surface area contributed by atoms with E-state index in [0.717, 1.165) is 10.5 Å². The molecule has 0 saturated heterocycles. The Kier molecular flexibility index (Phi) is 3.93. The van der Waals surface area contributed by atoms with Gasteiger partial charge in [-0.2, -0.15) is 0 Å². The monoisotopic (exact) mass is 277 g/mol. The number of hydrogen-bond donors (Lipinski definition) is 2. The van der Waals surface area contributed by atoms with E-state index in [1.165, 1.54) is 18.1 Å². The predicted molar refractivity (Wildman–Crippen MR) is 71.8 cm³/mol. The molecule has 98 valence electrons. The van der Waals surface area contributed by atoms with E-state index in [1.54, 1.807) is 0 Å². The molecule has 7 nitrogen and oxygen atoms in total. The highest BCUT2D eigenvalue weighted by atomic mass is 32.2. The molecule has 0 unspecified atom stereocenters. The van der Waals surface area contributed by atoms with Crippen LogP contribution in [-0.4, -0.2) is 14.9 Å². The van der Waals surface area contributed by atoms with Crippen LogP contribution in [0.15, 0.2) is 40.5 Å². The maximum Gasteiger partial charge on any atom is 0.344 e. The molecule has 19 heavy (non-hydrogen) atoms. The molecule has 0 aliphatic rings. The first-order valence-electron chi connectivity index (χ1n) is 5.32. The number of hydrogen-bond acceptors (Lipinski definition) is 7. The summed E-state index contributed by atoms with van der Waals surface area (Å²) in [5, 5.41) is 11.3. The molecule has 3 N–H and O–H groups in total. The Bertz CT molecular complexity index is 620. The molecular formula is C11H11N5O2S. The molecule has 0 saturated carbocycles. The van der Waals surface area contributed by atoms with Crippen LogP contribution >= 0.6 is 11.8 Å². The van der Waals surface area contributed by atoms with Crippen LogP contribution in [0.25, 0.3) is 0 Å². The second kappa shape index (κ2) is 5.63. The van der Waals surface area contributed by atoms with Gasteiger partial charge in [0.1, 0.15) is 6.33 Å². The van der Waals surface area contributed by atoms with Crippen LogP contribution in [0.5, 0.6) is 0 Å². The number of aromatic nitrogens is 2. The lowest BCUT2D eigenvalue weighted by atomic mass is 10.2.